The highest BCUT2D eigenvalue weighted by molar-refractivity contribution is 7.80. The molecule has 4 aromatic rings. The van der Waals surface area contributed by atoms with Crippen molar-refractivity contribution in [2.45, 2.75) is 26.8 Å². The molecule has 1 aliphatic heterocycles. The van der Waals surface area contributed by atoms with Crippen LogP contribution in [0.25, 0.3) is 16.3 Å². The molecule has 0 saturated carbocycles. The number of rotatable bonds is 4. The van der Waals surface area contributed by atoms with Crippen molar-refractivity contribution in [2.24, 2.45) is 0 Å². The standard InChI is InChI=1S/C25H22N4OS2/c1-15-12-16(2)14-19(13-15)29-17(3)21(22(26-25(29)31)18-8-5-4-6-9-18)24-27-23(28-30-24)20-10-7-11-32-20/h4-14,22H,1-3H3,(H,26,31). The van der Waals surface area contributed by atoms with E-state index in [9.17, 15) is 0 Å². The molecule has 160 valence electrons. The Morgan fingerprint density at radius 3 is 2.44 bits per heavy atom. The molecular weight excluding hydrogens is 436 g/mol. The highest BCUT2D eigenvalue weighted by Crippen LogP contribution is 2.39. The molecule has 5 nitrogen and oxygen atoms in total. The lowest BCUT2D eigenvalue weighted by Crippen LogP contribution is -2.46. The van der Waals surface area contributed by atoms with Crippen molar-refractivity contribution in [1.82, 2.24) is 15.5 Å². The predicted molar refractivity (Wildman–Crippen MR) is 134 cm³/mol. The Bertz CT molecular complexity index is 1290. The van der Waals surface area contributed by atoms with Crippen LogP contribution in [0.1, 0.15) is 35.5 Å². The van der Waals surface area contributed by atoms with Crippen LogP contribution in [0.4, 0.5) is 5.69 Å². The largest absolute Gasteiger partial charge is 0.351 e. The number of aryl methyl sites for hydroxylation is 2. The molecular formula is C25H22N4OS2. The molecule has 1 atom stereocenters. The van der Waals surface area contributed by atoms with Crippen molar-refractivity contribution in [3.05, 3.63) is 94.3 Å². The third-order valence-corrected chi connectivity index (χ3v) is 6.65. The van der Waals surface area contributed by atoms with E-state index in [4.69, 9.17) is 21.7 Å². The lowest BCUT2D eigenvalue weighted by atomic mass is 9.94. The number of allylic oxidation sites excluding steroid dienone is 1. The van der Waals surface area contributed by atoms with Crippen LogP contribution in [0.15, 0.2) is 76.3 Å². The fraction of sp³-hybridized carbons (Fsp3) is 0.160. The number of benzene rings is 2. The molecule has 32 heavy (non-hydrogen) atoms. The Labute approximate surface area is 196 Å². The van der Waals surface area contributed by atoms with E-state index in [1.165, 1.54) is 11.1 Å². The fourth-order valence-electron chi connectivity index (χ4n) is 4.14. The first-order valence-corrected chi connectivity index (χ1v) is 11.6. The number of aromatic nitrogens is 2. The van der Waals surface area contributed by atoms with Crippen LogP contribution >= 0.6 is 23.6 Å². The maximum Gasteiger partial charge on any atom is 0.258 e. The highest BCUT2D eigenvalue weighted by Gasteiger charge is 2.34. The minimum atomic E-state index is -0.192. The van der Waals surface area contributed by atoms with Crippen LogP contribution in [0.2, 0.25) is 0 Å². The zero-order chi connectivity index (χ0) is 22.2. The summed E-state index contributed by atoms with van der Waals surface area (Å²) in [6.45, 7) is 6.25. The van der Waals surface area contributed by atoms with Gasteiger partial charge in [-0.2, -0.15) is 4.98 Å². The topological polar surface area (TPSA) is 54.2 Å². The summed E-state index contributed by atoms with van der Waals surface area (Å²) in [6.07, 6.45) is 0. The SMILES string of the molecule is CC1=C(c2nc(-c3cccs3)no2)C(c2ccccc2)NC(=S)N1c1cc(C)cc(C)c1. The summed E-state index contributed by atoms with van der Waals surface area (Å²) < 4.78 is 5.79. The number of thiocarbonyl (C=S) groups is 1. The molecule has 2 aromatic heterocycles. The summed E-state index contributed by atoms with van der Waals surface area (Å²) in [7, 11) is 0. The van der Waals surface area contributed by atoms with Crippen molar-refractivity contribution in [3.63, 3.8) is 0 Å². The zero-order valence-corrected chi connectivity index (χ0v) is 19.6. The number of nitrogens with zero attached hydrogens (tertiary/aromatic N) is 3. The Morgan fingerprint density at radius 2 is 1.75 bits per heavy atom. The third kappa shape index (κ3) is 3.74. The first-order valence-electron chi connectivity index (χ1n) is 10.3. The summed E-state index contributed by atoms with van der Waals surface area (Å²) in [5, 5.41) is 10.4. The van der Waals surface area contributed by atoms with E-state index in [2.05, 4.69) is 66.5 Å². The van der Waals surface area contributed by atoms with Gasteiger partial charge in [0, 0.05) is 11.4 Å². The van der Waals surface area contributed by atoms with Gasteiger partial charge in [0.15, 0.2) is 5.11 Å². The molecule has 3 heterocycles. The van der Waals surface area contributed by atoms with Crippen LogP contribution in [0.5, 0.6) is 0 Å². The van der Waals surface area contributed by atoms with Gasteiger partial charge in [-0.3, -0.25) is 4.90 Å². The van der Waals surface area contributed by atoms with E-state index >= 15 is 0 Å². The van der Waals surface area contributed by atoms with Gasteiger partial charge in [0.1, 0.15) is 0 Å². The van der Waals surface area contributed by atoms with E-state index < -0.39 is 0 Å². The molecule has 1 aliphatic rings. The van der Waals surface area contributed by atoms with Crippen molar-refractivity contribution in [3.8, 4) is 10.7 Å². The molecule has 0 bridgehead atoms. The minimum Gasteiger partial charge on any atom is -0.351 e. The monoisotopic (exact) mass is 458 g/mol. The minimum absolute atomic E-state index is 0.192. The Balaban J connectivity index is 1.68. The van der Waals surface area contributed by atoms with Crippen molar-refractivity contribution in [2.75, 3.05) is 4.90 Å². The maximum absolute atomic E-state index is 5.84. The Kier molecular flexibility index (Phi) is 5.36. The zero-order valence-electron chi connectivity index (χ0n) is 18.0. The van der Waals surface area contributed by atoms with E-state index in [1.54, 1.807) is 11.3 Å². The lowest BCUT2D eigenvalue weighted by molar-refractivity contribution is 0.404. The smallest absolute Gasteiger partial charge is 0.258 e. The first kappa shape index (κ1) is 20.6. The Hall–Kier alpha value is -3.29. The quantitative estimate of drug-likeness (QED) is 0.363. The first-order chi connectivity index (χ1) is 15.5. The van der Waals surface area contributed by atoms with Gasteiger partial charge in [-0.05, 0) is 73.3 Å². The Morgan fingerprint density at radius 1 is 1.00 bits per heavy atom. The molecule has 0 aliphatic carbocycles. The van der Waals surface area contributed by atoms with Gasteiger partial charge in [0.2, 0.25) is 5.82 Å². The van der Waals surface area contributed by atoms with Crippen LogP contribution < -0.4 is 10.2 Å². The molecule has 0 saturated heterocycles. The van der Waals surface area contributed by atoms with Gasteiger partial charge in [0.25, 0.3) is 5.89 Å². The highest BCUT2D eigenvalue weighted by atomic mass is 32.1. The maximum atomic E-state index is 5.84. The second-order valence-electron chi connectivity index (χ2n) is 7.87. The summed E-state index contributed by atoms with van der Waals surface area (Å²) in [5.41, 5.74) is 6.34. The molecule has 2 aromatic carbocycles. The molecule has 5 rings (SSSR count). The van der Waals surface area contributed by atoms with Gasteiger partial charge in [-0.25, -0.2) is 0 Å². The second kappa shape index (κ2) is 8.33. The summed E-state index contributed by atoms with van der Waals surface area (Å²) in [6, 6.07) is 20.4. The molecule has 1 unspecified atom stereocenters. The van der Waals surface area contributed by atoms with E-state index in [-0.39, 0.29) is 6.04 Å². The van der Waals surface area contributed by atoms with E-state index in [0.29, 0.717) is 16.8 Å². The van der Waals surface area contributed by atoms with Gasteiger partial charge in [-0.1, -0.05) is 47.6 Å². The second-order valence-corrected chi connectivity index (χ2v) is 9.21. The molecule has 0 radical (unpaired) electrons. The summed E-state index contributed by atoms with van der Waals surface area (Å²) in [4.78, 5) is 7.78. The van der Waals surface area contributed by atoms with Crippen LogP contribution in [0, 0.1) is 13.8 Å². The van der Waals surface area contributed by atoms with Crippen molar-refractivity contribution >= 4 is 39.9 Å². The fourth-order valence-corrected chi connectivity index (χ4v) is 5.15. The van der Waals surface area contributed by atoms with Crippen LogP contribution in [-0.4, -0.2) is 15.3 Å². The molecule has 0 fully saturated rings. The summed E-state index contributed by atoms with van der Waals surface area (Å²) >= 11 is 7.43. The predicted octanol–water partition coefficient (Wildman–Crippen LogP) is 6.28. The van der Waals surface area contributed by atoms with Gasteiger partial charge in [-0.15, -0.1) is 11.3 Å². The molecule has 1 N–H and O–H groups in total. The number of hydrogen-bond acceptors (Lipinski definition) is 5. The van der Waals surface area contributed by atoms with E-state index in [1.807, 2.05) is 35.7 Å². The number of thiophene rings is 1. The number of anilines is 1. The number of nitrogens with one attached hydrogen (secondary N) is 1. The van der Waals surface area contributed by atoms with Gasteiger partial charge >= 0.3 is 0 Å². The van der Waals surface area contributed by atoms with Crippen LogP contribution in [0.3, 0.4) is 0 Å². The lowest BCUT2D eigenvalue weighted by Gasteiger charge is -2.37. The third-order valence-electron chi connectivity index (χ3n) is 5.48. The molecule has 7 heteroatoms. The number of hydrogen-bond donors (Lipinski definition) is 1. The molecule has 0 amide bonds. The molecule has 0 spiro atoms. The van der Waals surface area contributed by atoms with Crippen LogP contribution in [-0.2, 0) is 0 Å². The summed E-state index contributed by atoms with van der Waals surface area (Å²) in [5.74, 6) is 1.08. The average Bonchev–Trinajstić information content (AvgIpc) is 3.45. The van der Waals surface area contributed by atoms with Gasteiger partial charge in [0.05, 0.1) is 16.5 Å². The van der Waals surface area contributed by atoms with E-state index in [0.717, 1.165) is 27.4 Å². The van der Waals surface area contributed by atoms with Crippen molar-refractivity contribution < 1.29 is 4.52 Å². The van der Waals surface area contributed by atoms with Crippen molar-refractivity contribution in [1.29, 1.82) is 0 Å². The average molecular weight is 459 g/mol. The van der Waals surface area contributed by atoms with Gasteiger partial charge < -0.3 is 9.84 Å². The normalized spacial score (nSPS) is 16.4.